The van der Waals surface area contributed by atoms with Crippen molar-refractivity contribution in [2.24, 2.45) is 5.92 Å². The van der Waals surface area contributed by atoms with Gasteiger partial charge in [-0.1, -0.05) is 5.16 Å². The lowest BCUT2D eigenvalue weighted by Crippen LogP contribution is -2.59. The predicted octanol–water partition coefficient (Wildman–Crippen LogP) is 1.56. The third-order valence-corrected chi connectivity index (χ3v) is 4.04. The van der Waals surface area contributed by atoms with Crippen molar-refractivity contribution in [3.63, 3.8) is 0 Å². The van der Waals surface area contributed by atoms with Crippen LogP contribution in [0.4, 0.5) is 0 Å². The van der Waals surface area contributed by atoms with Gasteiger partial charge in [0.2, 0.25) is 0 Å². The molecule has 94 valence electrons. The summed E-state index contributed by atoms with van der Waals surface area (Å²) in [4.78, 5) is 2.48. The molecule has 1 unspecified atom stereocenters. The minimum Gasteiger partial charge on any atom is -0.360 e. The molecule has 2 heterocycles. The van der Waals surface area contributed by atoms with Gasteiger partial charge in [-0.3, -0.25) is 4.90 Å². The Kier molecular flexibility index (Phi) is 2.71. The van der Waals surface area contributed by atoms with Gasteiger partial charge >= 0.3 is 0 Å². The average Bonchev–Trinajstić information content (AvgIpc) is 3.05. The van der Waals surface area contributed by atoms with Crippen molar-refractivity contribution in [2.75, 3.05) is 19.6 Å². The monoisotopic (exact) mass is 235 g/mol. The van der Waals surface area contributed by atoms with Crippen molar-refractivity contribution in [3.8, 4) is 0 Å². The number of aromatic nitrogens is 1. The molecule has 2 aliphatic rings. The van der Waals surface area contributed by atoms with E-state index >= 15 is 0 Å². The van der Waals surface area contributed by atoms with Crippen LogP contribution in [0.15, 0.2) is 10.6 Å². The van der Waals surface area contributed by atoms with E-state index in [4.69, 9.17) is 4.52 Å². The van der Waals surface area contributed by atoms with Crippen LogP contribution in [-0.2, 0) is 6.54 Å². The highest BCUT2D eigenvalue weighted by Crippen LogP contribution is 2.40. The Balaban J connectivity index is 1.63. The van der Waals surface area contributed by atoms with E-state index in [1.807, 2.05) is 13.0 Å². The Labute approximate surface area is 102 Å². The lowest BCUT2D eigenvalue weighted by atomic mass is 9.93. The first kappa shape index (κ1) is 11.2. The van der Waals surface area contributed by atoms with Crippen molar-refractivity contribution in [1.29, 1.82) is 0 Å². The number of aryl methyl sites for hydroxylation is 1. The second-order valence-corrected chi connectivity index (χ2v) is 5.76. The van der Waals surface area contributed by atoms with Crippen LogP contribution >= 0.6 is 0 Å². The molecule has 1 aromatic heterocycles. The highest BCUT2D eigenvalue weighted by Gasteiger charge is 2.43. The molecule has 1 saturated carbocycles. The summed E-state index contributed by atoms with van der Waals surface area (Å²) in [5, 5.41) is 7.64. The Morgan fingerprint density at radius 3 is 3.06 bits per heavy atom. The van der Waals surface area contributed by atoms with Gasteiger partial charge < -0.3 is 9.84 Å². The van der Waals surface area contributed by atoms with Crippen LogP contribution in [0, 0.1) is 12.8 Å². The fraction of sp³-hybridized carbons (Fsp3) is 0.769. The third-order valence-electron chi connectivity index (χ3n) is 4.04. The van der Waals surface area contributed by atoms with Gasteiger partial charge in [0.1, 0.15) is 0 Å². The van der Waals surface area contributed by atoms with Gasteiger partial charge in [0.05, 0.1) is 12.2 Å². The topological polar surface area (TPSA) is 41.3 Å². The third kappa shape index (κ3) is 2.38. The van der Waals surface area contributed by atoms with Crippen molar-refractivity contribution in [3.05, 3.63) is 17.5 Å². The zero-order valence-electron chi connectivity index (χ0n) is 10.7. The van der Waals surface area contributed by atoms with Crippen molar-refractivity contribution in [1.82, 2.24) is 15.4 Å². The summed E-state index contributed by atoms with van der Waals surface area (Å²) >= 11 is 0. The highest BCUT2D eigenvalue weighted by molar-refractivity contribution is 5.06. The average molecular weight is 235 g/mol. The molecule has 4 nitrogen and oxygen atoms in total. The Morgan fingerprint density at radius 2 is 2.41 bits per heavy atom. The van der Waals surface area contributed by atoms with E-state index in [1.54, 1.807) is 0 Å². The molecule has 1 aliphatic carbocycles. The lowest BCUT2D eigenvalue weighted by molar-refractivity contribution is 0.112. The number of rotatable bonds is 3. The van der Waals surface area contributed by atoms with Crippen molar-refractivity contribution < 1.29 is 4.52 Å². The van der Waals surface area contributed by atoms with E-state index < -0.39 is 0 Å². The van der Waals surface area contributed by atoms with Crippen LogP contribution in [0.1, 0.15) is 31.2 Å². The molecular weight excluding hydrogens is 214 g/mol. The minimum absolute atomic E-state index is 0.313. The summed E-state index contributed by atoms with van der Waals surface area (Å²) in [6.45, 7) is 8.53. The molecule has 3 rings (SSSR count). The summed E-state index contributed by atoms with van der Waals surface area (Å²) in [7, 11) is 0. The minimum atomic E-state index is 0.313. The van der Waals surface area contributed by atoms with Crippen LogP contribution in [0.2, 0.25) is 0 Å². The molecule has 1 aliphatic heterocycles. The van der Waals surface area contributed by atoms with Crippen LogP contribution < -0.4 is 5.32 Å². The molecule has 2 fully saturated rings. The number of nitrogens with zero attached hydrogens (tertiary/aromatic N) is 2. The zero-order valence-corrected chi connectivity index (χ0v) is 10.7. The van der Waals surface area contributed by atoms with Gasteiger partial charge in [-0.05, 0) is 32.6 Å². The molecule has 1 atom stereocenters. The fourth-order valence-electron chi connectivity index (χ4n) is 2.94. The highest BCUT2D eigenvalue weighted by atomic mass is 16.5. The first-order valence-corrected chi connectivity index (χ1v) is 6.55. The Bertz CT molecular complexity index is 399. The molecule has 0 radical (unpaired) electrons. The number of hydrogen-bond acceptors (Lipinski definition) is 4. The molecule has 1 saturated heterocycles. The first-order chi connectivity index (χ1) is 8.16. The van der Waals surface area contributed by atoms with Gasteiger partial charge in [0, 0.05) is 31.2 Å². The summed E-state index contributed by atoms with van der Waals surface area (Å²) in [6, 6.07) is 2.04. The second-order valence-electron chi connectivity index (χ2n) is 5.76. The van der Waals surface area contributed by atoms with Crippen LogP contribution in [0.25, 0.3) is 0 Å². The smallest absolute Gasteiger partial charge is 0.150 e. The van der Waals surface area contributed by atoms with E-state index in [0.29, 0.717) is 5.54 Å². The molecule has 1 N–H and O–H groups in total. The van der Waals surface area contributed by atoms with E-state index in [1.165, 1.54) is 12.8 Å². The van der Waals surface area contributed by atoms with E-state index in [-0.39, 0.29) is 0 Å². The number of piperazine rings is 1. The fourth-order valence-corrected chi connectivity index (χ4v) is 2.94. The lowest BCUT2D eigenvalue weighted by Gasteiger charge is -2.41. The molecule has 17 heavy (non-hydrogen) atoms. The largest absolute Gasteiger partial charge is 0.360 e. The van der Waals surface area contributed by atoms with Gasteiger partial charge in [0.25, 0.3) is 0 Å². The van der Waals surface area contributed by atoms with Crippen LogP contribution in [0.5, 0.6) is 0 Å². The summed E-state index contributed by atoms with van der Waals surface area (Å²) in [5.41, 5.74) is 1.29. The zero-order chi connectivity index (χ0) is 11.9. The number of nitrogens with one attached hydrogen (secondary N) is 1. The van der Waals surface area contributed by atoms with Gasteiger partial charge in [-0.25, -0.2) is 0 Å². The van der Waals surface area contributed by atoms with Crippen molar-refractivity contribution in [2.45, 2.75) is 38.8 Å². The van der Waals surface area contributed by atoms with Crippen molar-refractivity contribution >= 4 is 0 Å². The maximum atomic E-state index is 5.30. The standard InChI is InChI=1S/C13H21N3O/c1-10-7-12(17-15-10)8-16-6-5-14-13(2,9-16)11-3-4-11/h7,11,14H,3-6,8-9H2,1-2H3. The van der Waals surface area contributed by atoms with Crippen LogP contribution in [0.3, 0.4) is 0 Å². The first-order valence-electron chi connectivity index (χ1n) is 6.55. The molecule has 0 amide bonds. The quantitative estimate of drug-likeness (QED) is 0.863. The summed E-state index contributed by atoms with van der Waals surface area (Å²) in [6.07, 6.45) is 2.78. The molecule has 1 aromatic rings. The molecule has 0 aromatic carbocycles. The van der Waals surface area contributed by atoms with E-state index in [0.717, 1.165) is 43.6 Å². The van der Waals surface area contributed by atoms with E-state index in [9.17, 15) is 0 Å². The van der Waals surface area contributed by atoms with Gasteiger partial charge in [-0.2, -0.15) is 0 Å². The van der Waals surface area contributed by atoms with Crippen LogP contribution in [-0.4, -0.2) is 35.2 Å². The Hall–Kier alpha value is -0.870. The molecule has 0 spiro atoms. The Morgan fingerprint density at radius 1 is 1.59 bits per heavy atom. The molecule has 4 heteroatoms. The SMILES string of the molecule is Cc1cc(CN2CCNC(C)(C3CC3)C2)on1. The maximum absolute atomic E-state index is 5.30. The summed E-state index contributed by atoms with van der Waals surface area (Å²) in [5.74, 6) is 1.87. The molecule has 0 bridgehead atoms. The molecular formula is C13H21N3O. The maximum Gasteiger partial charge on any atom is 0.150 e. The normalized spacial score (nSPS) is 30.7. The number of hydrogen-bond donors (Lipinski definition) is 1. The van der Waals surface area contributed by atoms with E-state index in [2.05, 4.69) is 22.3 Å². The summed E-state index contributed by atoms with van der Waals surface area (Å²) < 4.78 is 5.30. The second kappa shape index (κ2) is 4.10. The predicted molar refractivity (Wildman–Crippen MR) is 65.6 cm³/mol. The van der Waals surface area contributed by atoms with Gasteiger partial charge in [0.15, 0.2) is 5.76 Å². The van der Waals surface area contributed by atoms with Gasteiger partial charge in [-0.15, -0.1) is 0 Å².